The lowest BCUT2D eigenvalue weighted by molar-refractivity contribution is 0.0938. The molecule has 8 heteroatoms. The summed E-state index contributed by atoms with van der Waals surface area (Å²) in [6.45, 7) is 3.71. The molecule has 0 aliphatic carbocycles. The van der Waals surface area contributed by atoms with Crippen molar-refractivity contribution in [2.24, 2.45) is 0 Å². The number of rotatable bonds is 7. The standard InChI is InChI=1S/C23H31N3O3S2/c27-23(24-18-21(22-11-8-16-30-22)25-12-5-6-13-25)19-9-7-10-20(17-19)31(28,29)26-14-3-1-2-4-15-26/h7-11,16-17,21H,1-6,12-15,18H2,(H,24,27). The van der Waals surface area contributed by atoms with Crippen LogP contribution in [0.25, 0.3) is 0 Å². The van der Waals surface area contributed by atoms with Gasteiger partial charge in [-0.05, 0) is 68.4 Å². The van der Waals surface area contributed by atoms with Crippen molar-refractivity contribution in [2.75, 3.05) is 32.7 Å². The van der Waals surface area contributed by atoms with E-state index >= 15 is 0 Å². The Hall–Kier alpha value is -1.74. The minimum absolute atomic E-state index is 0.162. The molecule has 0 saturated carbocycles. The third kappa shape index (κ3) is 5.37. The fraction of sp³-hybridized carbons (Fsp3) is 0.522. The lowest BCUT2D eigenvalue weighted by Crippen LogP contribution is -2.36. The summed E-state index contributed by atoms with van der Waals surface area (Å²) in [6, 6.07) is 10.8. The highest BCUT2D eigenvalue weighted by Gasteiger charge is 2.27. The van der Waals surface area contributed by atoms with Gasteiger partial charge in [0.05, 0.1) is 10.9 Å². The minimum Gasteiger partial charge on any atom is -0.350 e. The van der Waals surface area contributed by atoms with Gasteiger partial charge in [0.15, 0.2) is 0 Å². The first-order chi connectivity index (χ1) is 15.1. The molecule has 1 N–H and O–H groups in total. The lowest BCUT2D eigenvalue weighted by atomic mass is 10.2. The number of carbonyl (C=O) groups excluding carboxylic acids is 1. The number of amides is 1. The number of carbonyl (C=O) groups is 1. The Labute approximate surface area is 189 Å². The largest absolute Gasteiger partial charge is 0.350 e. The van der Waals surface area contributed by atoms with Gasteiger partial charge in [0, 0.05) is 30.1 Å². The normalized spacial score (nSPS) is 19.7. The van der Waals surface area contributed by atoms with E-state index in [9.17, 15) is 13.2 Å². The van der Waals surface area contributed by atoms with E-state index in [0.717, 1.165) is 38.8 Å². The van der Waals surface area contributed by atoms with Gasteiger partial charge in [0.2, 0.25) is 10.0 Å². The molecule has 4 rings (SSSR count). The molecule has 2 aromatic rings. The Morgan fingerprint density at radius 3 is 2.35 bits per heavy atom. The Balaban J connectivity index is 1.46. The number of likely N-dealkylation sites (tertiary alicyclic amines) is 1. The van der Waals surface area contributed by atoms with Gasteiger partial charge in [-0.1, -0.05) is 25.0 Å². The molecule has 0 spiro atoms. The van der Waals surface area contributed by atoms with Gasteiger partial charge in [-0.15, -0.1) is 11.3 Å². The van der Waals surface area contributed by atoms with E-state index in [-0.39, 0.29) is 16.8 Å². The van der Waals surface area contributed by atoms with Crippen molar-refractivity contribution in [3.05, 3.63) is 52.2 Å². The highest BCUT2D eigenvalue weighted by atomic mass is 32.2. The Kier molecular flexibility index (Phi) is 7.43. The molecular formula is C23H31N3O3S2. The van der Waals surface area contributed by atoms with Gasteiger partial charge in [-0.3, -0.25) is 9.69 Å². The van der Waals surface area contributed by atoms with Crippen LogP contribution in [0.15, 0.2) is 46.7 Å². The smallest absolute Gasteiger partial charge is 0.251 e. The molecule has 3 heterocycles. The molecule has 0 radical (unpaired) electrons. The lowest BCUT2D eigenvalue weighted by Gasteiger charge is -2.27. The molecule has 168 valence electrons. The number of thiophene rings is 1. The van der Waals surface area contributed by atoms with Crippen molar-refractivity contribution < 1.29 is 13.2 Å². The first-order valence-corrected chi connectivity index (χ1v) is 13.5. The van der Waals surface area contributed by atoms with Gasteiger partial charge < -0.3 is 5.32 Å². The first-order valence-electron chi connectivity index (χ1n) is 11.2. The summed E-state index contributed by atoms with van der Waals surface area (Å²) in [4.78, 5) is 16.8. The Morgan fingerprint density at radius 1 is 0.968 bits per heavy atom. The van der Waals surface area contributed by atoms with Crippen LogP contribution in [-0.4, -0.2) is 56.3 Å². The third-order valence-electron chi connectivity index (χ3n) is 6.21. The fourth-order valence-corrected chi connectivity index (χ4v) is 6.89. The molecular weight excluding hydrogens is 430 g/mol. The van der Waals surface area contributed by atoms with Crippen LogP contribution < -0.4 is 5.32 Å². The van der Waals surface area contributed by atoms with Crippen LogP contribution in [-0.2, 0) is 10.0 Å². The second-order valence-corrected chi connectivity index (χ2v) is 11.2. The molecule has 31 heavy (non-hydrogen) atoms. The van der Waals surface area contributed by atoms with Crippen LogP contribution in [0.5, 0.6) is 0 Å². The summed E-state index contributed by atoms with van der Waals surface area (Å²) in [5, 5.41) is 5.12. The zero-order chi connectivity index (χ0) is 21.7. The molecule has 1 aromatic heterocycles. The number of nitrogens with one attached hydrogen (secondary N) is 1. The number of nitrogens with zero attached hydrogens (tertiary/aromatic N) is 2. The average molecular weight is 462 g/mol. The van der Waals surface area contributed by atoms with E-state index < -0.39 is 10.0 Å². The third-order valence-corrected chi connectivity index (χ3v) is 9.08. The summed E-state index contributed by atoms with van der Waals surface area (Å²) >= 11 is 1.71. The Bertz CT molecular complexity index is 962. The van der Waals surface area contributed by atoms with Gasteiger partial charge in [-0.2, -0.15) is 4.31 Å². The average Bonchev–Trinajstić information content (AvgIpc) is 3.44. The highest BCUT2D eigenvalue weighted by Crippen LogP contribution is 2.28. The van der Waals surface area contributed by atoms with E-state index in [2.05, 4.69) is 21.7 Å². The molecule has 2 aliphatic rings. The van der Waals surface area contributed by atoms with Crippen molar-refractivity contribution in [3.8, 4) is 0 Å². The van der Waals surface area contributed by atoms with E-state index in [1.165, 1.54) is 23.8 Å². The summed E-state index contributed by atoms with van der Waals surface area (Å²) in [6.07, 6.45) is 6.28. The summed E-state index contributed by atoms with van der Waals surface area (Å²) < 4.78 is 27.8. The number of sulfonamides is 1. The number of hydrogen-bond donors (Lipinski definition) is 1. The van der Waals surface area contributed by atoms with Crippen LogP contribution in [0.2, 0.25) is 0 Å². The molecule has 2 saturated heterocycles. The first kappa shape index (κ1) is 22.5. The van der Waals surface area contributed by atoms with Crippen LogP contribution >= 0.6 is 11.3 Å². The van der Waals surface area contributed by atoms with Crippen molar-refractivity contribution in [1.29, 1.82) is 0 Å². The van der Waals surface area contributed by atoms with E-state index in [0.29, 0.717) is 25.2 Å². The van der Waals surface area contributed by atoms with Crippen molar-refractivity contribution in [1.82, 2.24) is 14.5 Å². The van der Waals surface area contributed by atoms with Crippen LogP contribution in [0.4, 0.5) is 0 Å². The number of benzene rings is 1. The summed E-state index contributed by atoms with van der Waals surface area (Å²) in [5.41, 5.74) is 0.391. The predicted octanol–water partition coefficient (Wildman–Crippen LogP) is 3.88. The van der Waals surface area contributed by atoms with Crippen molar-refractivity contribution in [3.63, 3.8) is 0 Å². The maximum Gasteiger partial charge on any atom is 0.251 e. The molecule has 2 aliphatic heterocycles. The van der Waals surface area contributed by atoms with Gasteiger partial charge in [-0.25, -0.2) is 8.42 Å². The van der Waals surface area contributed by atoms with Crippen LogP contribution in [0, 0.1) is 0 Å². The zero-order valence-electron chi connectivity index (χ0n) is 17.8. The molecule has 1 aromatic carbocycles. The van der Waals surface area contributed by atoms with Crippen LogP contribution in [0.3, 0.4) is 0 Å². The second-order valence-electron chi connectivity index (χ2n) is 8.33. The monoisotopic (exact) mass is 461 g/mol. The number of hydrogen-bond acceptors (Lipinski definition) is 5. The Morgan fingerprint density at radius 2 is 1.68 bits per heavy atom. The molecule has 0 bridgehead atoms. The van der Waals surface area contributed by atoms with E-state index in [1.54, 1.807) is 33.8 Å². The van der Waals surface area contributed by atoms with Crippen LogP contribution in [0.1, 0.15) is 59.8 Å². The highest BCUT2D eigenvalue weighted by molar-refractivity contribution is 7.89. The topological polar surface area (TPSA) is 69.7 Å². The quantitative estimate of drug-likeness (QED) is 0.679. The van der Waals surface area contributed by atoms with Crippen molar-refractivity contribution >= 4 is 27.3 Å². The molecule has 1 atom stereocenters. The maximum atomic E-state index is 13.1. The van der Waals surface area contributed by atoms with Gasteiger partial charge in [0.25, 0.3) is 5.91 Å². The van der Waals surface area contributed by atoms with E-state index in [1.807, 2.05) is 6.07 Å². The zero-order valence-corrected chi connectivity index (χ0v) is 19.5. The molecule has 1 amide bonds. The molecule has 6 nitrogen and oxygen atoms in total. The van der Waals surface area contributed by atoms with E-state index in [4.69, 9.17) is 0 Å². The summed E-state index contributed by atoms with van der Waals surface area (Å²) in [5.74, 6) is -0.228. The predicted molar refractivity (Wildman–Crippen MR) is 124 cm³/mol. The maximum absolute atomic E-state index is 13.1. The fourth-order valence-electron chi connectivity index (χ4n) is 4.46. The van der Waals surface area contributed by atoms with Gasteiger partial charge >= 0.3 is 0 Å². The molecule has 2 fully saturated rings. The minimum atomic E-state index is -3.57. The van der Waals surface area contributed by atoms with Crippen molar-refractivity contribution in [2.45, 2.75) is 49.5 Å². The SMILES string of the molecule is O=C(NCC(c1cccs1)N1CCCC1)c1cccc(S(=O)(=O)N2CCCCCC2)c1. The summed E-state index contributed by atoms with van der Waals surface area (Å²) in [7, 11) is -3.57. The second kappa shape index (κ2) is 10.3. The van der Waals surface area contributed by atoms with Gasteiger partial charge in [0.1, 0.15) is 0 Å². The molecule has 1 unspecified atom stereocenters.